The van der Waals surface area contributed by atoms with Crippen molar-refractivity contribution in [3.63, 3.8) is 0 Å². The van der Waals surface area contributed by atoms with Gasteiger partial charge in [-0.1, -0.05) is 30.1 Å². The Morgan fingerprint density at radius 2 is 2.04 bits per heavy atom. The van der Waals surface area contributed by atoms with Crippen LogP contribution in [0.2, 0.25) is 10.0 Å². The third kappa shape index (κ3) is 4.54. The molecule has 1 aliphatic heterocycles. The molecule has 148 valence electrons. The molecule has 1 aromatic heterocycles. The highest BCUT2D eigenvalue weighted by molar-refractivity contribution is 6.32. The Kier molecular flexibility index (Phi) is 6.36. The number of rotatable bonds is 7. The summed E-state index contributed by atoms with van der Waals surface area (Å²) in [6.45, 7) is 1.97. The summed E-state index contributed by atoms with van der Waals surface area (Å²) in [6, 6.07) is 3.46. The Morgan fingerprint density at radius 1 is 1.32 bits per heavy atom. The molecule has 28 heavy (non-hydrogen) atoms. The van der Waals surface area contributed by atoms with E-state index in [2.05, 4.69) is 9.97 Å². The lowest BCUT2D eigenvalue weighted by Crippen LogP contribution is -2.40. The fourth-order valence-corrected chi connectivity index (χ4v) is 3.42. The number of ether oxygens (including phenoxy) is 1. The van der Waals surface area contributed by atoms with Crippen LogP contribution >= 0.6 is 23.2 Å². The molecule has 1 unspecified atom stereocenters. The molecule has 1 N–H and O–H groups in total. The second-order valence-electron chi connectivity index (χ2n) is 6.46. The Balaban J connectivity index is 1.86. The van der Waals surface area contributed by atoms with Crippen molar-refractivity contribution >= 4 is 40.8 Å². The van der Waals surface area contributed by atoms with E-state index in [-0.39, 0.29) is 31.4 Å². The number of carboxylic acid groups (broad SMARTS) is 1. The van der Waals surface area contributed by atoms with Gasteiger partial charge in [-0.05, 0) is 30.5 Å². The number of halogens is 2. The minimum absolute atomic E-state index is 0.0427. The molecule has 0 bridgehead atoms. The molecule has 2 heterocycles. The van der Waals surface area contributed by atoms with Crippen LogP contribution in [0.4, 0.5) is 5.69 Å². The molecule has 0 saturated heterocycles. The maximum absolute atomic E-state index is 12.1. The number of carboxylic acids is 1. The van der Waals surface area contributed by atoms with E-state index in [0.717, 1.165) is 12.0 Å². The van der Waals surface area contributed by atoms with Crippen LogP contribution in [0.3, 0.4) is 0 Å². The molecule has 0 saturated carbocycles. The lowest BCUT2D eigenvalue weighted by molar-refractivity contribution is -0.136. The van der Waals surface area contributed by atoms with Gasteiger partial charge in [0.05, 0.1) is 17.1 Å². The Morgan fingerprint density at radius 3 is 2.68 bits per heavy atom. The van der Waals surface area contributed by atoms with Crippen LogP contribution in [0.5, 0.6) is 5.75 Å². The third-order valence-corrected chi connectivity index (χ3v) is 5.13. The van der Waals surface area contributed by atoms with Gasteiger partial charge in [-0.3, -0.25) is 9.59 Å². The van der Waals surface area contributed by atoms with Crippen LogP contribution in [-0.4, -0.2) is 40.1 Å². The summed E-state index contributed by atoms with van der Waals surface area (Å²) < 4.78 is 5.56. The monoisotopic (exact) mass is 423 g/mol. The van der Waals surface area contributed by atoms with Crippen molar-refractivity contribution in [2.45, 2.75) is 32.1 Å². The summed E-state index contributed by atoms with van der Waals surface area (Å²) in [7, 11) is 0. The molecule has 1 atom stereocenters. The average molecular weight is 424 g/mol. The van der Waals surface area contributed by atoms with Crippen LogP contribution in [0.25, 0.3) is 0 Å². The molecule has 1 amide bonds. The van der Waals surface area contributed by atoms with Gasteiger partial charge >= 0.3 is 5.97 Å². The SMILES string of the molecule is CCC(Cc1cc2c(cc1Cl)N(CCC(=O)O)C(=O)CO2)c1ncc(Cl)cn1. The van der Waals surface area contributed by atoms with Gasteiger partial charge in [0.15, 0.2) is 6.61 Å². The standard InChI is InChI=1S/C19H19Cl2N3O4/c1-2-11(19-22-8-13(20)9-23-19)5-12-6-16-15(7-14(12)21)24(4-3-18(26)27)17(25)10-28-16/h6-9,11H,2-5,10H2,1H3,(H,26,27). The van der Waals surface area contributed by atoms with E-state index in [1.165, 1.54) is 4.90 Å². The van der Waals surface area contributed by atoms with Crippen LogP contribution < -0.4 is 9.64 Å². The summed E-state index contributed by atoms with van der Waals surface area (Å²) in [5.41, 5.74) is 1.33. The molecule has 1 aromatic carbocycles. The first-order valence-electron chi connectivity index (χ1n) is 8.83. The van der Waals surface area contributed by atoms with Gasteiger partial charge in [0.25, 0.3) is 5.91 Å². The number of nitrogens with zero attached hydrogens (tertiary/aromatic N) is 3. The maximum atomic E-state index is 12.1. The lowest BCUT2D eigenvalue weighted by atomic mass is 9.95. The van der Waals surface area contributed by atoms with E-state index in [1.807, 2.05) is 6.92 Å². The summed E-state index contributed by atoms with van der Waals surface area (Å²) >= 11 is 12.3. The lowest BCUT2D eigenvalue weighted by Gasteiger charge is -2.30. The first-order valence-corrected chi connectivity index (χ1v) is 9.59. The van der Waals surface area contributed by atoms with Crippen molar-refractivity contribution in [2.24, 2.45) is 0 Å². The van der Waals surface area contributed by atoms with Crippen LogP contribution in [0.1, 0.15) is 37.1 Å². The van der Waals surface area contributed by atoms with Crippen molar-refractivity contribution in [1.82, 2.24) is 9.97 Å². The first kappa shape index (κ1) is 20.4. The predicted octanol–water partition coefficient (Wildman–Crippen LogP) is 3.72. The summed E-state index contributed by atoms with van der Waals surface area (Å²) in [6.07, 6.45) is 4.37. The fourth-order valence-electron chi connectivity index (χ4n) is 3.09. The van der Waals surface area contributed by atoms with Crippen molar-refractivity contribution in [1.29, 1.82) is 0 Å². The molecule has 3 rings (SSSR count). The van der Waals surface area contributed by atoms with Gasteiger partial charge in [0, 0.05) is 29.9 Å². The van der Waals surface area contributed by atoms with E-state index >= 15 is 0 Å². The molecule has 0 spiro atoms. The summed E-state index contributed by atoms with van der Waals surface area (Å²) in [5.74, 6) is -0.0341. The number of fused-ring (bicyclic) bond motifs is 1. The van der Waals surface area contributed by atoms with E-state index in [1.54, 1.807) is 24.5 Å². The highest BCUT2D eigenvalue weighted by atomic mass is 35.5. The van der Waals surface area contributed by atoms with E-state index < -0.39 is 5.97 Å². The highest BCUT2D eigenvalue weighted by Crippen LogP contribution is 2.38. The number of anilines is 1. The molecule has 9 heteroatoms. The molecular weight excluding hydrogens is 405 g/mol. The molecule has 0 fully saturated rings. The third-order valence-electron chi connectivity index (χ3n) is 4.58. The molecule has 2 aromatic rings. The van der Waals surface area contributed by atoms with Gasteiger partial charge < -0.3 is 14.7 Å². The quantitative estimate of drug-likeness (QED) is 0.729. The fraction of sp³-hybridized carbons (Fsp3) is 0.368. The second-order valence-corrected chi connectivity index (χ2v) is 7.30. The Bertz CT molecular complexity index is 889. The number of aliphatic carboxylic acids is 1. The second kappa shape index (κ2) is 8.75. The minimum atomic E-state index is -0.975. The normalized spacial score (nSPS) is 14.4. The number of aromatic nitrogens is 2. The van der Waals surface area contributed by atoms with Crippen molar-refractivity contribution in [3.8, 4) is 5.75 Å². The van der Waals surface area contributed by atoms with Gasteiger partial charge in [-0.2, -0.15) is 0 Å². The zero-order valence-electron chi connectivity index (χ0n) is 15.2. The maximum Gasteiger partial charge on any atom is 0.305 e. The number of hydrogen-bond acceptors (Lipinski definition) is 5. The van der Waals surface area contributed by atoms with Crippen molar-refractivity contribution in [2.75, 3.05) is 18.1 Å². The molecule has 1 aliphatic rings. The topological polar surface area (TPSA) is 92.6 Å². The number of carbonyl (C=O) groups excluding carboxylic acids is 1. The van der Waals surface area contributed by atoms with Crippen molar-refractivity contribution in [3.05, 3.63) is 46.0 Å². The minimum Gasteiger partial charge on any atom is -0.482 e. The number of hydrogen-bond donors (Lipinski definition) is 1. The summed E-state index contributed by atoms with van der Waals surface area (Å²) in [4.78, 5) is 33.0. The smallest absolute Gasteiger partial charge is 0.305 e. The Hall–Kier alpha value is -2.38. The first-order chi connectivity index (χ1) is 13.4. The van der Waals surface area contributed by atoms with Gasteiger partial charge in [-0.15, -0.1) is 0 Å². The number of carbonyl (C=O) groups is 2. The zero-order chi connectivity index (χ0) is 20.3. The van der Waals surface area contributed by atoms with Crippen molar-refractivity contribution < 1.29 is 19.4 Å². The molecular formula is C19H19Cl2N3O4. The van der Waals surface area contributed by atoms with Gasteiger partial charge in [-0.25, -0.2) is 9.97 Å². The average Bonchev–Trinajstić information content (AvgIpc) is 2.66. The largest absolute Gasteiger partial charge is 0.482 e. The Labute approximate surface area is 172 Å². The predicted molar refractivity (Wildman–Crippen MR) is 105 cm³/mol. The van der Waals surface area contributed by atoms with E-state index in [4.69, 9.17) is 33.0 Å². The van der Waals surface area contributed by atoms with Gasteiger partial charge in [0.2, 0.25) is 0 Å². The van der Waals surface area contributed by atoms with Crippen LogP contribution in [-0.2, 0) is 16.0 Å². The van der Waals surface area contributed by atoms with Gasteiger partial charge in [0.1, 0.15) is 11.6 Å². The van der Waals surface area contributed by atoms with E-state index in [9.17, 15) is 9.59 Å². The molecule has 7 nitrogen and oxygen atoms in total. The zero-order valence-corrected chi connectivity index (χ0v) is 16.7. The van der Waals surface area contributed by atoms with Crippen LogP contribution in [0, 0.1) is 0 Å². The summed E-state index contributed by atoms with van der Waals surface area (Å²) in [5, 5.41) is 9.87. The molecule has 0 aliphatic carbocycles. The van der Waals surface area contributed by atoms with Crippen LogP contribution in [0.15, 0.2) is 24.5 Å². The highest BCUT2D eigenvalue weighted by Gasteiger charge is 2.28. The number of amides is 1. The van der Waals surface area contributed by atoms with E-state index in [0.29, 0.717) is 33.7 Å². The molecule has 0 radical (unpaired) electrons. The number of benzene rings is 1.